The molecule has 1 saturated heterocycles. The molecule has 0 aromatic heterocycles. The molecule has 0 bridgehead atoms. The summed E-state index contributed by atoms with van der Waals surface area (Å²) < 4.78 is 16.8. The fraction of sp³-hybridized carbons (Fsp3) is 0.500. The highest BCUT2D eigenvalue weighted by Gasteiger charge is 2.14. The molecule has 152 valence electrons. The van der Waals surface area contributed by atoms with E-state index in [4.69, 9.17) is 14.2 Å². The highest BCUT2D eigenvalue weighted by molar-refractivity contribution is 5.35. The van der Waals surface area contributed by atoms with Gasteiger partial charge in [0.2, 0.25) is 0 Å². The van der Waals surface area contributed by atoms with E-state index in [-0.39, 0.29) is 6.29 Å². The normalized spacial score (nSPS) is 15.6. The van der Waals surface area contributed by atoms with E-state index in [9.17, 15) is 5.11 Å². The minimum absolute atomic E-state index is 0.0459. The Hall–Kier alpha value is -1.88. The van der Waals surface area contributed by atoms with Crippen molar-refractivity contribution in [2.75, 3.05) is 19.8 Å². The zero-order valence-electron chi connectivity index (χ0n) is 16.6. The third-order valence-electron chi connectivity index (χ3n) is 5.08. The molecule has 0 spiro atoms. The van der Waals surface area contributed by atoms with Gasteiger partial charge in [-0.05, 0) is 42.5 Å². The molecule has 1 N–H and O–H groups in total. The second-order valence-electron chi connectivity index (χ2n) is 7.32. The molecule has 1 unspecified atom stereocenters. The Morgan fingerprint density at radius 2 is 1.50 bits per heavy atom. The van der Waals surface area contributed by atoms with Crippen molar-refractivity contribution in [2.24, 2.45) is 0 Å². The summed E-state index contributed by atoms with van der Waals surface area (Å²) in [6, 6.07) is 17.5. The van der Waals surface area contributed by atoms with E-state index < -0.39 is 6.10 Å². The third-order valence-corrected chi connectivity index (χ3v) is 5.08. The van der Waals surface area contributed by atoms with Crippen molar-refractivity contribution >= 4 is 0 Å². The molecule has 2 aromatic rings. The van der Waals surface area contributed by atoms with Gasteiger partial charge in [0.1, 0.15) is 11.9 Å². The predicted molar refractivity (Wildman–Crippen MR) is 110 cm³/mol. The van der Waals surface area contributed by atoms with Crippen LogP contribution in [-0.2, 0) is 9.47 Å². The second kappa shape index (κ2) is 11.8. The summed E-state index contributed by atoms with van der Waals surface area (Å²) in [6.45, 7) is 2.21. The summed E-state index contributed by atoms with van der Waals surface area (Å²) in [7, 11) is 0. The van der Waals surface area contributed by atoms with Crippen molar-refractivity contribution in [1.82, 2.24) is 0 Å². The van der Waals surface area contributed by atoms with Gasteiger partial charge < -0.3 is 19.3 Å². The number of ether oxygens (including phenoxy) is 3. The van der Waals surface area contributed by atoms with Crippen LogP contribution in [0, 0.1) is 0 Å². The van der Waals surface area contributed by atoms with E-state index in [0.717, 1.165) is 42.9 Å². The largest absolute Gasteiger partial charge is 0.494 e. The lowest BCUT2D eigenvalue weighted by Crippen LogP contribution is -2.06. The van der Waals surface area contributed by atoms with Gasteiger partial charge in [-0.25, -0.2) is 0 Å². The minimum atomic E-state index is -0.621. The van der Waals surface area contributed by atoms with Crippen LogP contribution in [0.15, 0.2) is 54.6 Å². The molecule has 4 heteroatoms. The molecular weight excluding hydrogens is 352 g/mol. The van der Waals surface area contributed by atoms with Gasteiger partial charge in [0.15, 0.2) is 6.29 Å². The number of rotatable bonds is 12. The first-order valence-corrected chi connectivity index (χ1v) is 10.5. The quantitative estimate of drug-likeness (QED) is 0.508. The second-order valence-corrected chi connectivity index (χ2v) is 7.32. The molecule has 1 fully saturated rings. The summed E-state index contributed by atoms with van der Waals surface area (Å²) in [5.41, 5.74) is 1.75. The van der Waals surface area contributed by atoms with Gasteiger partial charge in [0.05, 0.1) is 19.8 Å². The maximum atomic E-state index is 10.5. The zero-order chi connectivity index (χ0) is 19.4. The number of unbranched alkanes of at least 4 members (excludes halogenated alkanes) is 5. The van der Waals surface area contributed by atoms with Gasteiger partial charge in [0.25, 0.3) is 0 Å². The summed E-state index contributed by atoms with van der Waals surface area (Å²) in [4.78, 5) is 0. The highest BCUT2D eigenvalue weighted by atomic mass is 16.7. The van der Waals surface area contributed by atoms with Crippen LogP contribution in [0.5, 0.6) is 5.75 Å². The van der Waals surface area contributed by atoms with Gasteiger partial charge in [-0.15, -0.1) is 0 Å². The van der Waals surface area contributed by atoms with Crippen molar-refractivity contribution in [3.8, 4) is 5.75 Å². The number of aliphatic hydroxyl groups excluding tert-OH is 1. The fourth-order valence-electron chi connectivity index (χ4n) is 3.49. The van der Waals surface area contributed by atoms with Gasteiger partial charge in [-0.2, -0.15) is 0 Å². The lowest BCUT2D eigenvalue weighted by Gasteiger charge is -2.13. The Morgan fingerprint density at radius 3 is 2.29 bits per heavy atom. The molecule has 1 atom stereocenters. The lowest BCUT2D eigenvalue weighted by molar-refractivity contribution is -0.0480. The first-order chi connectivity index (χ1) is 13.8. The summed E-state index contributed by atoms with van der Waals surface area (Å²) in [6.07, 6.45) is 7.60. The molecule has 1 aliphatic rings. The van der Waals surface area contributed by atoms with Crippen molar-refractivity contribution in [2.45, 2.75) is 57.3 Å². The smallest absolute Gasteiger partial charge is 0.157 e. The van der Waals surface area contributed by atoms with Gasteiger partial charge >= 0.3 is 0 Å². The maximum absolute atomic E-state index is 10.5. The molecule has 1 aliphatic heterocycles. The Balaban J connectivity index is 1.28. The lowest BCUT2D eigenvalue weighted by atomic mass is 10.0. The molecule has 2 aromatic carbocycles. The van der Waals surface area contributed by atoms with Crippen LogP contribution in [0.4, 0.5) is 0 Å². The molecule has 0 amide bonds. The Bertz CT molecular complexity index is 667. The zero-order valence-corrected chi connectivity index (χ0v) is 16.6. The van der Waals surface area contributed by atoms with Crippen molar-refractivity contribution in [3.05, 3.63) is 65.7 Å². The van der Waals surface area contributed by atoms with Crippen molar-refractivity contribution < 1.29 is 19.3 Å². The van der Waals surface area contributed by atoms with Gasteiger partial charge in [-0.3, -0.25) is 0 Å². The summed E-state index contributed by atoms with van der Waals surface area (Å²) in [5.74, 6) is 0.823. The number of aliphatic hydroxyl groups is 1. The first kappa shape index (κ1) is 20.8. The average Bonchev–Trinajstić information content (AvgIpc) is 3.26. The monoisotopic (exact) mass is 384 g/mol. The first-order valence-electron chi connectivity index (χ1n) is 10.5. The van der Waals surface area contributed by atoms with Crippen LogP contribution in [-0.4, -0.2) is 31.2 Å². The van der Waals surface area contributed by atoms with E-state index in [1.807, 2.05) is 54.6 Å². The SMILES string of the molecule is OC(c1ccccc1)c1cccc(OCCCCCCCCC2OCCO2)c1. The maximum Gasteiger partial charge on any atom is 0.157 e. The standard InChI is InChI=1S/C24H32O4/c25-24(20-11-6-5-7-12-20)21-13-10-14-22(19-21)26-16-9-4-2-1-3-8-15-23-27-17-18-28-23/h5-7,10-14,19,23-25H,1-4,8-9,15-18H2. The number of hydrogen-bond acceptors (Lipinski definition) is 4. The van der Waals surface area contributed by atoms with Crippen LogP contribution in [0.2, 0.25) is 0 Å². The predicted octanol–water partition coefficient (Wildman–Crippen LogP) is 5.25. The fourth-order valence-corrected chi connectivity index (χ4v) is 3.49. The number of hydrogen-bond donors (Lipinski definition) is 1. The molecule has 1 heterocycles. The average molecular weight is 385 g/mol. The Labute approximate surface area is 168 Å². The van der Waals surface area contributed by atoms with Crippen molar-refractivity contribution in [3.63, 3.8) is 0 Å². The number of benzene rings is 2. The van der Waals surface area contributed by atoms with Crippen LogP contribution in [0.1, 0.15) is 62.2 Å². The van der Waals surface area contributed by atoms with E-state index in [1.54, 1.807) is 0 Å². The summed E-state index contributed by atoms with van der Waals surface area (Å²) >= 11 is 0. The molecule has 0 saturated carbocycles. The minimum Gasteiger partial charge on any atom is -0.494 e. The van der Waals surface area contributed by atoms with Crippen molar-refractivity contribution in [1.29, 1.82) is 0 Å². The Kier molecular flexibility index (Phi) is 8.82. The molecule has 4 nitrogen and oxygen atoms in total. The summed E-state index contributed by atoms with van der Waals surface area (Å²) in [5, 5.41) is 10.5. The topological polar surface area (TPSA) is 47.9 Å². The van der Waals surface area contributed by atoms with Gasteiger partial charge in [0, 0.05) is 0 Å². The van der Waals surface area contributed by atoms with Crippen LogP contribution >= 0.6 is 0 Å². The molecule has 0 radical (unpaired) electrons. The van der Waals surface area contributed by atoms with E-state index in [2.05, 4.69) is 0 Å². The molecule has 3 rings (SSSR count). The Morgan fingerprint density at radius 1 is 0.821 bits per heavy atom. The van der Waals surface area contributed by atoms with E-state index in [0.29, 0.717) is 6.61 Å². The highest BCUT2D eigenvalue weighted by Crippen LogP contribution is 2.25. The van der Waals surface area contributed by atoms with E-state index >= 15 is 0 Å². The third kappa shape index (κ3) is 6.93. The van der Waals surface area contributed by atoms with Gasteiger partial charge in [-0.1, -0.05) is 68.1 Å². The van der Waals surface area contributed by atoms with Crippen LogP contribution in [0.3, 0.4) is 0 Å². The van der Waals surface area contributed by atoms with Crippen LogP contribution < -0.4 is 4.74 Å². The molecular formula is C24H32O4. The van der Waals surface area contributed by atoms with E-state index in [1.165, 1.54) is 32.1 Å². The molecule has 0 aliphatic carbocycles. The molecule has 28 heavy (non-hydrogen) atoms. The van der Waals surface area contributed by atoms with Crippen LogP contribution in [0.25, 0.3) is 0 Å².